The Morgan fingerprint density at radius 3 is 2.33 bits per heavy atom. The van der Waals surface area contributed by atoms with Gasteiger partial charge in [-0.3, -0.25) is 4.79 Å². The van der Waals surface area contributed by atoms with Crippen molar-refractivity contribution in [1.29, 1.82) is 0 Å². The maximum absolute atomic E-state index is 12.9. The first-order chi connectivity index (χ1) is 11.6. The molecule has 0 aliphatic carbocycles. The van der Waals surface area contributed by atoms with Crippen LogP contribution in [0.2, 0.25) is 0 Å². The first kappa shape index (κ1) is 16.8. The second kappa shape index (κ2) is 7.21. The standard InChI is InChI=1S/C18H23NO5/c1-2-23-16-9-13-5-6-14(10-16)19(13)18(22)12-3-7-15(8-4-12)24-11-17(20)21/h3-4,7-8,13-14,16H,2,5-6,9-11H2,1H3,(H,20,21). The minimum absolute atomic E-state index is 0.0437. The Balaban J connectivity index is 1.65. The third-order valence-electron chi connectivity index (χ3n) is 4.79. The molecule has 1 aromatic rings. The van der Waals surface area contributed by atoms with Gasteiger partial charge in [0.1, 0.15) is 5.75 Å². The average Bonchev–Trinajstić information content (AvgIpc) is 2.84. The largest absolute Gasteiger partial charge is 0.482 e. The van der Waals surface area contributed by atoms with Crippen LogP contribution in [0.15, 0.2) is 24.3 Å². The summed E-state index contributed by atoms with van der Waals surface area (Å²) in [7, 11) is 0. The first-order valence-corrected chi connectivity index (χ1v) is 8.47. The molecule has 2 unspecified atom stereocenters. The molecule has 2 aliphatic heterocycles. The number of amides is 1. The molecule has 0 spiro atoms. The molecule has 1 aromatic carbocycles. The van der Waals surface area contributed by atoms with Crippen LogP contribution in [0.4, 0.5) is 0 Å². The number of benzene rings is 1. The normalized spacial score (nSPS) is 25.5. The number of ether oxygens (including phenoxy) is 2. The van der Waals surface area contributed by atoms with E-state index in [1.54, 1.807) is 24.3 Å². The van der Waals surface area contributed by atoms with Gasteiger partial charge in [-0.05, 0) is 56.9 Å². The molecule has 0 aromatic heterocycles. The van der Waals surface area contributed by atoms with Gasteiger partial charge in [0.2, 0.25) is 0 Å². The van der Waals surface area contributed by atoms with Crippen molar-refractivity contribution in [2.45, 2.75) is 50.8 Å². The number of carbonyl (C=O) groups is 2. The molecular formula is C18H23NO5. The van der Waals surface area contributed by atoms with Crippen molar-refractivity contribution in [3.63, 3.8) is 0 Å². The van der Waals surface area contributed by atoms with E-state index in [0.29, 0.717) is 11.3 Å². The number of carboxylic acid groups (broad SMARTS) is 1. The highest BCUT2D eigenvalue weighted by Gasteiger charge is 2.43. The molecule has 0 radical (unpaired) electrons. The van der Waals surface area contributed by atoms with E-state index in [-0.39, 0.29) is 30.7 Å². The van der Waals surface area contributed by atoms with Gasteiger partial charge < -0.3 is 19.5 Å². The Morgan fingerprint density at radius 1 is 1.17 bits per heavy atom. The van der Waals surface area contributed by atoms with Crippen LogP contribution >= 0.6 is 0 Å². The summed E-state index contributed by atoms with van der Waals surface area (Å²) in [6.45, 7) is 2.34. The van der Waals surface area contributed by atoms with Crippen LogP contribution in [0.3, 0.4) is 0 Å². The van der Waals surface area contributed by atoms with Gasteiger partial charge in [-0.15, -0.1) is 0 Å². The summed E-state index contributed by atoms with van der Waals surface area (Å²) in [5, 5.41) is 8.62. The smallest absolute Gasteiger partial charge is 0.341 e. The molecule has 2 saturated heterocycles. The van der Waals surface area contributed by atoms with E-state index in [1.807, 2.05) is 11.8 Å². The fourth-order valence-electron chi connectivity index (χ4n) is 3.82. The zero-order valence-corrected chi connectivity index (χ0v) is 13.8. The molecule has 1 N–H and O–H groups in total. The predicted molar refractivity (Wildman–Crippen MR) is 87.2 cm³/mol. The third-order valence-corrected chi connectivity index (χ3v) is 4.79. The lowest BCUT2D eigenvalue weighted by Gasteiger charge is -2.38. The molecular weight excluding hydrogens is 310 g/mol. The third kappa shape index (κ3) is 3.53. The summed E-state index contributed by atoms with van der Waals surface area (Å²) < 4.78 is 10.9. The SMILES string of the molecule is CCOC1CC2CCC(C1)N2C(=O)c1ccc(OCC(=O)O)cc1. The van der Waals surface area contributed by atoms with E-state index in [4.69, 9.17) is 14.6 Å². The van der Waals surface area contributed by atoms with Crippen LogP contribution in [0, 0.1) is 0 Å². The molecule has 6 nitrogen and oxygen atoms in total. The second-order valence-electron chi connectivity index (χ2n) is 6.35. The summed E-state index contributed by atoms with van der Waals surface area (Å²) in [5.74, 6) is -0.530. The van der Waals surface area contributed by atoms with Gasteiger partial charge in [-0.1, -0.05) is 0 Å². The molecule has 2 heterocycles. The van der Waals surface area contributed by atoms with Crippen LogP contribution in [-0.2, 0) is 9.53 Å². The fraction of sp³-hybridized carbons (Fsp3) is 0.556. The Kier molecular flexibility index (Phi) is 5.04. The van der Waals surface area contributed by atoms with Gasteiger partial charge in [0.25, 0.3) is 5.91 Å². The van der Waals surface area contributed by atoms with Gasteiger partial charge in [0.15, 0.2) is 6.61 Å². The van der Waals surface area contributed by atoms with E-state index in [1.165, 1.54) is 0 Å². The fourth-order valence-corrected chi connectivity index (χ4v) is 3.82. The van der Waals surface area contributed by atoms with Crippen molar-refractivity contribution in [1.82, 2.24) is 4.90 Å². The zero-order chi connectivity index (χ0) is 17.1. The van der Waals surface area contributed by atoms with E-state index in [0.717, 1.165) is 32.3 Å². The average molecular weight is 333 g/mol. The van der Waals surface area contributed by atoms with Crippen molar-refractivity contribution >= 4 is 11.9 Å². The van der Waals surface area contributed by atoms with E-state index in [2.05, 4.69) is 0 Å². The van der Waals surface area contributed by atoms with Crippen LogP contribution in [0.25, 0.3) is 0 Å². The number of hydrogen-bond acceptors (Lipinski definition) is 4. The number of rotatable bonds is 6. The summed E-state index contributed by atoms with van der Waals surface area (Å²) in [6, 6.07) is 7.21. The van der Waals surface area contributed by atoms with Crippen LogP contribution < -0.4 is 4.74 Å². The lowest BCUT2D eigenvalue weighted by molar-refractivity contribution is -0.139. The topological polar surface area (TPSA) is 76.1 Å². The number of nitrogens with zero attached hydrogens (tertiary/aromatic N) is 1. The van der Waals surface area contributed by atoms with Gasteiger partial charge >= 0.3 is 5.97 Å². The highest BCUT2D eigenvalue weighted by molar-refractivity contribution is 5.95. The van der Waals surface area contributed by atoms with Gasteiger partial charge in [-0.2, -0.15) is 0 Å². The van der Waals surface area contributed by atoms with Crippen molar-refractivity contribution < 1.29 is 24.2 Å². The first-order valence-electron chi connectivity index (χ1n) is 8.47. The molecule has 24 heavy (non-hydrogen) atoms. The number of piperidine rings is 1. The molecule has 2 bridgehead atoms. The monoisotopic (exact) mass is 333 g/mol. The minimum Gasteiger partial charge on any atom is -0.482 e. The Bertz CT molecular complexity index is 586. The van der Waals surface area contributed by atoms with Crippen LogP contribution in [0.1, 0.15) is 43.0 Å². The molecule has 2 aliphatic rings. The van der Waals surface area contributed by atoms with E-state index < -0.39 is 5.97 Å². The van der Waals surface area contributed by atoms with Crippen molar-refractivity contribution in [3.8, 4) is 5.75 Å². The number of carboxylic acids is 1. The zero-order valence-electron chi connectivity index (χ0n) is 13.8. The summed E-state index contributed by atoms with van der Waals surface area (Å²) in [5.41, 5.74) is 0.615. The molecule has 130 valence electrons. The number of aliphatic carboxylic acids is 1. The summed E-state index contributed by atoms with van der Waals surface area (Å²) in [4.78, 5) is 25.4. The predicted octanol–water partition coefficient (Wildman–Crippen LogP) is 2.32. The van der Waals surface area contributed by atoms with E-state index >= 15 is 0 Å². The lowest BCUT2D eigenvalue weighted by atomic mass is 9.98. The van der Waals surface area contributed by atoms with E-state index in [9.17, 15) is 9.59 Å². The molecule has 3 rings (SSSR count). The van der Waals surface area contributed by atoms with Gasteiger partial charge in [0.05, 0.1) is 6.10 Å². The molecule has 1 amide bonds. The Morgan fingerprint density at radius 2 is 1.79 bits per heavy atom. The Hall–Kier alpha value is -2.08. The van der Waals surface area contributed by atoms with Crippen LogP contribution in [0.5, 0.6) is 5.75 Å². The summed E-state index contributed by atoms with van der Waals surface area (Å²) in [6.07, 6.45) is 4.18. The summed E-state index contributed by atoms with van der Waals surface area (Å²) >= 11 is 0. The van der Waals surface area contributed by atoms with Crippen LogP contribution in [-0.4, -0.2) is 53.3 Å². The van der Waals surface area contributed by atoms with Crippen molar-refractivity contribution in [3.05, 3.63) is 29.8 Å². The highest BCUT2D eigenvalue weighted by atomic mass is 16.5. The maximum Gasteiger partial charge on any atom is 0.341 e. The number of fused-ring (bicyclic) bond motifs is 2. The highest BCUT2D eigenvalue weighted by Crippen LogP contribution is 2.38. The second-order valence-corrected chi connectivity index (χ2v) is 6.35. The number of carbonyl (C=O) groups excluding carboxylic acids is 1. The molecule has 6 heteroatoms. The lowest BCUT2D eigenvalue weighted by Crippen LogP contribution is -2.48. The number of hydrogen-bond donors (Lipinski definition) is 1. The van der Waals surface area contributed by atoms with Gasteiger partial charge in [0, 0.05) is 24.3 Å². The molecule has 2 fully saturated rings. The van der Waals surface area contributed by atoms with Crippen molar-refractivity contribution in [2.75, 3.05) is 13.2 Å². The van der Waals surface area contributed by atoms with Gasteiger partial charge in [-0.25, -0.2) is 4.79 Å². The minimum atomic E-state index is -1.02. The molecule has 2 atom stereocenters. The quantitative estimate of drug-likeness (QED) is 0.864. The maximum atomic E-state index is 12.9. The van der Waals surface area contributed by atoms with Crippen molar-refractivity contribution in [2.24, 2.45) is 0 Å². The molecule has 0 saturated carbocycles. The Labute approximate surface area is 141 Å².